The molecule has 1 aromatic rings. The number of benzene rings is 1. The summed E-state index contributed by atoms with van der Waals surface area (Å²) in [5.74, 6) is 0. The third-order valence-electron chi connectivity index (χ3n) is 3.27. The Kier molecular flexibility index (Phi) is 2.85. The molecule has 0 saturated heterocycles. The molecule has 1 nitrogen and oxygen atoms in total. The molecule has 1 heterocycles. The van der Waals surface area contributed by atoms with E-state index in [4.69, 9.17) is 16.0 Å². The Labute approximate surface area is 111 Å². The van der Waals surface area contributed by atoms with E-state index < -0.39 is 0 Å². The number of halogens is 1. The molecule has 0 saturated carbocycles. The van der Waals surface area contributed by atoms with E-state index in [2.05, 4.69) is 37.3 Å². The van der Waals surface area contributed by atoms with Gasteiger partial charge in [-0.3, -0.25) is 0 Å². The molecular weight excluding hydrogens is 244 g/mol. The summed E-state index contributed by atoms with van der Waals surface area (Å²) in [6.07, 6.45) is 4.36. The molecular formula is C16H13ClO. The van der Waals surface area contributed by atoms with E-state index >= 15 is 0 Å². The van der Waals surface area contributed by atoms with Gasteiger partial charge in [-0.05, 0) is 23.1 Å². The highest BCUT2D eigenvalue weighted by Gasteiger charge is 2.15. The molecule has 0 aromatic heterocycles. The second-order valence-corrected chi connectivity index (χ2v) is 4.75. The lowest BCUT2D eigenvalue weighted by Crippen LogP contribution is -1.83. The van der Waals surface area contributed by atoms with Crippen LogP contribution in [0.3, 0.4) is 0 Å². The van der Waals surface area contributed by atoms with Gasteiger partial charge >= 0.3 is 0 Å². The molecule has 0 unspecified atom stereocenters. The zero-order valence-electron chi connectivity index (χ0n) is 10.1. The summed E-state index contributed by atoms with van der Waals surface area (Å²) in [6.45, 7) is 2.16. The average molecular weight is 257 g/mol. The normalized spacial score (nSPS) is 11.0. The summed E-state index contributed by atoms with van der Waals surface area (Å²) in [6, 6.07) is 12.7. The van der Waals surface area contributed by atoms with Crippen molar-refractivity contribution in [2.75, 3.05) is 0 Å². The van der Waals surface area contributed by atoms with Crippen LogP contribution in [-0.2, 0) is 6.42 Å². The Hall–Kier alpha value is -1.73. The molecule has 2 heteroatoms. The third-order valence-corrected chi connectivity index (χ3v) is 3.54. The van der Waals surface area contributed by atoms with Gasteiger partial charge < -0.3 is 4.42 Å². The highest BCUT2D eigenvalue weighted by Crippen LogP contribution is 2.40. The number of hydrogen-bond donors (Lipinski definition) is 0. The van der Waals surface area contributed by atoms with Crippen LogP contribution in [0.25, 0.3) is 22.3 Å². The van der Waals surface area contributed by atoms with Crippen molar-refractivity contribution in [3.8, 4) is 22.3 Å². The quantitative estimate of drug-likeness (QED) is 0.609. The largest absolute Gasteiger partial charge is 0.470 e. The molecule has 1 aromatic carbocycles. The Morgan fingerprint density at radius 3 is 2.39 bits per heavy atom. The van der Waals surface area contributed by atoms with Crippen LogP contribution in [0.15, 0.2) is 53.3 Å². The minimum atomic E-state index is 0.659. The first-order valence-electron chi connectivity index (χ1n) is 6.03. The number of hydrogen-bond acceptors (Lipinski definition) is 1. The van der Waals surface area contributed by atoms with E-state index in [1.54, 1.807) is 12.5 Å². The highest BCUT2D eigenvalue weighted by molar-refractivity contribution is 6.34. The van der Waals surface area contributed by atoms with Crippen molar-refractivity contribution in [1.29, 1.82) is 0 Å². The van der Waals surface area contributed by atoms with Gasteiger partial charge in [-0.15, -0.1) is 0 Å². The first-order chi connectivity index (χ1) is 8.79. The molecule has 90 valence electrons. The van der Waals surface area contributed by atoms with Crippen molar-refractivity contribution in [2.24, 2.45) is 0 Å². The molecule has 0 radical (unpaired) electrons. The van der Waals surface area contributed by atoms with Crippen LogP contribution in [0.2, 0.25) is 5.02 Å². The Bertz CT molecular complexity index is 637. The van der Waals surface area contributed by atoms with Gasteiger partial charge in [-0.25, -0.2) is 0 Å². The maximum Gasteiger partial charge on any atom is 0.109 e. The molecule has 0 amide bonds. The number of rotatable bonds is 2. The molecule has 18 heavy (non-hydrogen) atoms. The standard InChI is InChI=1S/C16H13ClO/c1-2-11-3-5-12(6-4-11)14-8-7-13-9-18-10-15(17)16(13)14/h3-10H,2H2,1H3. The summed E-state index contributed by atoms with van der Waals surface area (Å²) < 4.78 is 5.17. The molecule has 0 bridgehead atoms. The topological polar surface area (TPSA) is 13.1 Å². The van der Waals surface area contributed by atoms with E-state index in [1.807, 2.05) is 6.07 Å². The first-order valence-corrected chi connectivity index (χ1v) is 6.41. The molecule has 0 fully saturated rings. The van der Waals surface area contributed by atoms with Crippen molar-refractivity contribution in [2.45, 2.75) is 13.3 Å². The van der Waals surface area contributed by atoms with E-state index in [0.717, 1.165) is 23.1 Å². The van der Waals surface area contributed by atoms with Gasteiger partial charge in [0, 0.05) is 11.1 Å². The fraction of sp³-hybridized carbons (Fsp3) is 0.125. The van der Waals surface area contributed by atoms with Crippen molar-refractivity contribution >= 4 is 11.6 Å². The third kappa shape index (κ3) is 1.81. The summed E-state index contributed by atoms with van der Waals surface area (Å²) in [7, 11) is 0. The second kappa shape index (κ2) is 4.51. The van der Waals surface area contributed by atoms with Gasteiger partial charge in [0.05, 0.1) is 11.3 Å². The molecule has 1 aliphatic heterocycles. The van der Waals surface area contributed by atoms with Gasteiger partial charge in [0.2, 0.25) is 0 Å². The van der Waals surface area contributed by atoms with Gasteiger partial charge in [-0.2, -0.15) is 0 Å². The van der Waals surface area contributed by atoms with Crippen molar-refractivity contribution < 1.29 is 4.42 Å². The Morgan fingerprint density at radius 2 is 1.67 bits per heavy atom. The molecule has 1 aliphatic carbocycles. The van der Waals surface area contributed by atoms with Crippen molar-refractivity contribution in [3.05, 3.63) is 59.5 Å². The lowest BCUT2D eigenvalue weighted by Gasteiger charge is -2.06. The summed E-state index contributed by atoms with van der Waals surface area (Å²) in [4.78, 5) is 0. The zero-order valence-corrected chi connectivity index (χ0v) is 10.9. The van der Waals surface area contributed by atoms with Gasteiger partial charge in [0.25, 0.3) is 0 Å². The van der Waals surface area contributed by atoms with Crippen LogP contribution >= 0.6 is 11.6 Å². The maximum atomic E-state index is 6.22. The predicted molar refractivity (Wildman–Crippen MR) is 75.2 cm³/mol. The van der Waals surface area contributed by atoms with E-state index in [9.17, 15) is 0 Å². The zero-order chi connectivity index (χ0) is 12.5. The fourth-order valence-corrected chi connectivity index (χ4v) is 2.51. The maximum absolute atomic E-state index is 6.22. The molecule has 2 aliphatic rings. The first kappa shape index (κ1) is 11.4. The van der Waals surface area contributed by atoms with Gasteiger partial charge in [0.15, 0.2) is 0 Å². The monoisotopic (exact) mass is 256 g/mol. The Balaban J connectivity index is 2.14. The summed E-state index contributed by atoms with van der Waals surface area (Å²) in [5.41, 5.74) is 5.80. The van der Waals surface area contributed by atoms with Crippen LogP contribution in [0.1, 0.15) is 12.5 Å². The average Bonchev–Trinajstić information content (AvgIpc) is 2.84. The molecule has 3 rings (SSSR count). The van der Waals surface area contributed by atoms with Crippen molar-refractivity contribution in [3.63, 3.8) is 0 Å². The number of aryl methyl sites for hydroxylation is 1. The highest BCUT2D eigenvalue weighted by atomic mass is 35.5. The van der Waals surface area contributed by atoms with E-state index in [0.29, 0.717) is 5.02 Å². The Morgan fingerprint density at radius 1 is 0.944 bits per heavy atom. The summed E-state index contributed by atoms with van der Waals surface area (Å²) in [5, 5.41) is 0.659. The predicted octanol–water partition coefficient (Wildman–Crippen LogP) is 5.27. The van der Waals surface area contributed by atoms with E-state index in [1.165, 1.54) is 11.1 Å². The molecule has 0 spiro atoms. The fourth-order valence-electron chi connectivity index (χ4n) is 2.25. The van der Waals surface area contributed by atoms with Crippen LogP contribution in [-0.4, -0.2) is 0 Å². The SMILES string of the molecule is CCc1ccc(-c2ccc3cocc(Cl)c2-3)cc1. The molecule has 0 atom stereocenters. The lowest BCUT2D eigenvalue weighted by atomic mass is 10.0. The summed E-state index contributed by atoms with van der Waals surface area (Å²) >= 11 is 6.22. The minimum absolute atomic E-state index is 0.659. The van der Waals surface area contributed by atoms with E-state index in [-0.39, 0.29) is 0 Å². The minimum Gasteiger partial charge on any atom is -0.470 e. The molecule has 0 N–H and O–H groups in total. The van der Waals surface area contributed by atoms with Crippen molar-refractivity contribution in [1.82, 2.24) is 0 Å². The van der Waals surface area contributed by atoms with Crippen LogP contribution < -0.4 is 0 Å². The van der Waals surface area contributed by atoms with Gasteiger partial charge in [0.1, 0.15) is 6.26 Å². The lowest BCUT2D eigenvalue weighted by molar-refractivity contribution is 0.552. The van der Waals surface area contributed by atoms with Crippen LogP contribution in [0.4, 0.5) is 0 Å². The second-order valence-electron chi connectivity index (χ2n) is 4.35. The van der Waals surface area contributed by atoms with Crippen LogP contribution in [0, 0.1) is 0 Å². The smallest absolute Gasteiger partial charge is 0.109 e. The van der Waals surface area contributed by atoms with Gasteiger partial charge in [-0.1, -0.05) is 54.9 Å². The number of fused-ring (bicyclic) bond motifs is 1. The van der Waals surface area contributed by atoms with Crippen LogP contribution in [0.5, 0.6) is 0 Å².